The smallest absolute Gasteiger partial charge is 0.138 e. The first kappa shape index (κ1) is 9.60. The van der Waals surface area contributed by atoms with Gasteiger partial charge in [-0.2, -0.15) is 0 Å². The molecule has 3 heteroatoms. The Labute approximate surface area is 98.7 Å². The SMILES string of the molecule is c1ccc(-c2ccc(C3=NCCN3)s2)cc1. The number of thiophene rings is 1. The Bertz CT molecular complexity index is 514. The number of nitrogens with zero attached hydrogens (tertiary/aromatic N) is 1. The second-order valence-electron chi connectivity index (χ2n) is 3.69. The molecule has 0 saturated carbocycles. The van der Waals surface area contributed by atoms with Crippen LogP contribution in [0.15, 0.2) is 47.5 Å². The lowest BCUT2D eigenvalue weighted by Crippen LogP contribution is -2.18. The Morgan fingerprint density at radius 3 is 2.56 bits per heavy atom. The van der Waals surface area contributed by atoms with Gasteiger partial charge in [-0.15, -0.1) is 11.3 Å². The zero-order chi connectivity index (χ0) is 10.8. The topological polar surface area (TPSA) is 24.4 Å². The number of rotatable bonds is 2. The Hall–Kier alpha value is -1.61. The minimum Gasteiger partial charge on any atom is -0.367 e. The summed E-state index contributed by atoms with van der Waals surface area (Å²) in [6.45, 7) is 1.86. The maximum absolute atomic E-state index is 4.43. The largest absolute Gasteiger partial charge is 0.367 e. The van der Waals surface area contributed by atoms with E-state index in [4.69, 9.17) is 0 Å². The Morgan fingerprint density at radius 1 is 1.00 bits per heavy atom. The van der Waals surface area contributed by atoms with Gasteiger partial charge in [0.25, 0.3) is 0 Å². The van der Waals surface area contributed by atoms with Crippen LogP contribution in [0.2, 0.25) is 0 Å². The zero-order valence-electron chi connectivity index (χ0n) is 8.81. The minimum atomic E-state index is 0.897. The summed E-state index contributed by atoms with van der Waals surface area (Å²) in [5.41, 5.74) is 1.28. The molecule has 0 amide bonds. The lowest BCUT2D eigenvalue weighted by molar-refractivity contribution is 0.960. The maximum atomic E-state index is 4.43. The third kappa shape index (κ3) is 1.74. The van der Waals surface area contributed by atoms with Crippen molar-refractivity contribution in [2.24, 2.45) is 4.99 Å². The molecule has 80 valence electrons. The summed E-state index contributed by atoms with van der Waals surface area (Å²) in [7, 11) is 0. The van der Waals surface area contributed by atoms with E-state index in [0.717, 1.165) is 18.9 Å². The Kier molecular flexibility index (Phi) is 2.46. The van der Waals surface area contributed by atoms with Crippen molar-refractivity contribution in [3.05, 3.63) is 47.3 Å². The molecule has 0 atom stereocenters. The quantitative estimate of drug-likeness (QED) is 0.839. The van der Waals surface area contributed by atoms with E-state index in [1.54, 1.807) is 11.3 Å². The van der Waals surface area contributed by atoms with Crippen molar-refractivity contribution in [3.8, 4) is 10.4 Å². The molecule has 1 aliphatic rings. The molecule has 1 N–H and O–H groups in total. The van der Waals surface area contributed by atoms with Crippen LogP contribution in [0.1, 0.15) is 4.88 Å². The Morgan fingerprint density at radius 2 is 1.81 bits per heavy atom. The predicted molar refractivity (Wildman–Crippen MR) is 69.2 cm³/mol. The van der Waals surface area contributed by atoms with Crippen molar-refractivity contribution < 1.29 is 0 Å². The van der Waals surface area contributed by atoms with E-state index < -0.39 is 0 Å². The van der Waals surface area contributed by atoms with Crippen LogP contribution in [0.25, 0.3) is 10.4 Å². The predicted octanol–water partition coefficient (Wildman–Crippen LogP) is 2.76. The number of hydrogen-bond acceptors (Lipinski definition) is 3. The van der Waals surface area contributed by atoms with Crippen molar-refractivity contribution in [1.29, 1.82) is 0 Å². The summed E-state index contributed by atoms with van der Waals surface area (Å²) >= 11 is 1.79. The van der Waals surface area contributed by atoms with Gasteiger partial charge in [-0.1, -0.05) is 30.3 Å². The average Bonchev–Trinajstić information content (AvgIpc) is 3.01. The van der Waals surface area contributed by atoms with Crippen molar-refractivity contribution in [3.63, 3.8) is 0 Å². The van der Waals surface area contributed by atoms with Gasteiger partial charge < -0.3 is 5.32 Å². The molecule has 0 unspecified atom stereocenters. The highest BCUT2D eigenvalue weighted by molar-refractivity contribution is 7.17. The van der Waals surface area contributed by atoms with Gasteiger partial charge in [-0.3, -0.25) is 4.99 Å². The fraction of sp³-hybridized carbons (Fsp3) is 0.154. The molecule has 0 aliphatic carbocycles. The van der Waals surface area contributed by atoms with E-state index in [1.807, 2.05) is 6.07 Å². The normalized spacial score (nSPS) is 14.6. The summed E-state index contributed by atoms with van der Waals surface area (Å²) in [4.78, 5) is 6.96. The first-order chi connectivity index (χ1) is 7.93. The number of aliphatic imine (C=N–C) groups is 1. The van der Waals surface area contributed by atoms with Gasteiger partial charge in [0, 0.05) is 11.4 Å². The summed E-state index contributed by atoms with van der Waals surface area (Å²) in [6.07, 6.45) is 0. The first-order valence-corrected chi connectivity index (χ1v) is 6.19. The Balaban J connectivity index is 1.94. The first-order valence-electron chi connectivity index (χ1n) is 5.37. The lowest BCUT2D eigenvalue weighted by atomic mass is 10.2. The highest BCUT2D eigenvalue weighted by Gasteiger charge is 2.10. The van der Waals surface area contributed by atoms with E-state index in [9.17, 15) is 0 Å². The summed E-state index contributed by atoms with van der Waals surface area (Å²) < 4.78 is 0. The van der Waals surface area contributed by atoms with E-state index in [0.29, 0.717) is 0 Å². The fourth-order valence-electron chi connectivity index (χ4n) is 1.79. The second-order valence-corrected chi connectivity index (χ2v) is 4.77. The highest BCUT2D eigenvalue weighted by Crippen LogP contribution is 2.28. The van der Waals surface area contributed by atoms with E-state index >= 15 is 0 Å². The van der Waals surface area contributed by atoms with Crippen LogP contribution in [-0.4, -0.2) is 18.9 Å². The van der Waals surface area contributed by atoms with Crippen LogP contribution >= 0.6 is 11.3 Å². The molecule has 0 saturated heterocycles. The number of benzene rings is 1. The summed E-state index contributed by atoms with van der Waals surface area (Å²) in [5, 5.41) is 3.30. The minimum absolute atomic E-state index is 0.897. The molecule has 16 heavy (non-hydrogen) atoms. The second kappa shape index (κ2) is 4.10. The van der Waals surface area contributed by atoms with Crippen LogP contribution in [-0.2, 0) is 0 Å². The molecule has 2 heterocycles. The molecule has 2 nitrogen and oxygen atoms in total. The molecule has 3 rings (SSSR count). The number of hydrogen-bond donors (Lipinski definition) is 1. The van der Waals surface area contributed by atoms with Gasteiger partial charge >= 0.3 is 0 Å². The maximum Gasteiger partial charge on any atom is 0.138 e. The van der Waals surface area contributed by atoms with Crippen LogP contribution in [0.4, 0.5) is 0 Å². The summed E-state index contributed by atoms with van der Waals surface area (Å²) in [5.74, 6) is 1.05. The van der Waals surface area contributed by atoms with Crippen molar-refractivity contribution in [1.82, 2.24) is 5.32 Å². The van der Waals surface area contributed by atoms with E-state index in [-0.39, 0.29) is 0 Å². The molecule has 1 aromatic carbocycles. The third-order valence-corrected chi connectivity index (χ3v) is 3.71. The zero-order valence-corrected chi connectivity index (χ0v) is 9.63. The van der Waals surface area contributed by atoms with Crippen molar-refractivity contribution >= 4 is 17.2 Å². The van der Waals surface area contributed by atoms with Crippen molar-refractivity contribution in [2.45, 2.75) is 0 Å². The molecule has 1 aliphatic heterocycles. The summed E-state index contributed by atoms with van der Waals surface area (Å²) in [6, 6.07) is 14.8. The van der Waals surface area contributed by atoms with Crippen LogP contribution < -0.4 is 5.32 Å². The van der Waals surface area contributed by atoms with Gasteiger partial charge in [0.15, 0.2) is 0 Å². The standard InChI is InChI=1S/C13H12N2S/c1-2-4-10(5-3-1)11-6-7-12(16-11)13-14-8-9-15-13/h1-7H,8-9H2,(H,14,15). The van der Waals surface area contributed by atoms with Gasteiger partial charge in [0.2, 0.25) is 0 Å². The monoisotopic (exact) mass is 228 g/mol. The average molecular weight is 228 g/mol. The van der Waals surface area contributed by atoms with Gasteiger partial charge in [0.1, 0.15) is 5.84 Å². The van der Waals surface area contributed by atoms with Crippen LogP contribution in [0.5, 0.6) is 0 Å². The van der Waals surface area contributed by atoms with Gasteiger partial charge in [0.05, 0.1) is 11.4 Å². The van der Waals surface area contributed by atoms with Crippen molar-refractivity contribution in [2.75, 3.05) is 13.1 Å². The molecule has 1 aromatic heterocycles. The van der Waals surface area contributed by atoms with Gasteiger partial charge in [-0.25, -0.2) is 0 Å². The third-order valence-electron chi connectivity index (χ3n) is 2.57. The number of nitrogens with one attached hydrogen (secondary N) is 1. The molecule has 0 spiro atoms. The number of amidine groups is 1. The van der Waals surface area contributed by atoms with Gasteiger partial charge in [-0.05, 0) is 17.7 Å². The highest BCUT2D eigenvalue weighted by atomic mass is 32.1. The molecular weight excluding hydrogens is 216 g/mol. The molecule has 2 aromatic rings. The van der Waals surface area contributed by atoms with Crippen LogP contribution in [0, 0.1) is 0 Å². The van der Waals surface area contributed by atoms with Crippen LogP contribution in [0.3, 0.4) is 0 Å². The molecule has 0 fully saturated rings. The van der Waals surface area contributed by atoms with E-state index in [2.05, 4.69) is 46.7 Å². The fourth-order valence-corrected chi connectivity index (χ4v) is 2.78. The molecule has 0 bridgehead atoms. The molecule has 0 radical (unpaired) electrons. The lowest BCUT2D eigenvalue weighted by Gasteiger charge is -1.97. The molecular formula is C13H12N2S. The van der Waals surface area contributed by atoms with E-state index in [1.165, 1.54) is 15.3 Å².